The van der Waals surface area contributed by atoms with E-state index in [-0.39, 0.29) is 11.6 Å². The predicted octanol–water partition coefficient (Wildman–Crippen LogP) is 3.28. The second kappa shape index (κ2) is 7.63. The summed E-state index contributed by atoms with van der Waals surface area (Å²) in [5, 5.41) is 9.78. The lowest BCUT2D eigenvalue weighted by Gasteiger charge is -2.20. The van der Waals surface area contributed by atoms with Gasteiger partial charge in [-0.3, -0.25) is 0 Å². The first-order chi connectivity index (χ1) is 12.0. The van der Waals surface area contributed by atoms with Crippen LogP contribution in [0.1, 0.15) is 45.2 Å². The summed E-state index contributed by atoms with van der Waals surface area (Å²) in [5.74, 6) is -0.342. The maximum Gasteiger partial charge on any atom is 0.408 e. The average Bonchev–Trinajstić information content (AvgIpc) is 2.98. The van der Waals surface area contributed by atoms with Gasteiger partial charge in [0.1, 0.15) is 11.6 Å². The van der Waals surface area contributed by atoms with Crippen molar-refractivity contribution in [2.45, 2.75) is 50.3 Å². The fourth-order valence-corrected chi connectivity index (χ4v) is 3.19. The summed E-state index contributed by atoms with van der Waals surface area (Å²) in [5.41, 5.74) is -0.125. The van der Waals surface area contributed by atoms with Gasteiger partial charge in [-0.15, -0.1) is 5.10 Å². The van der Waals surface area contributed by atoms with Crippen molar-refractivity contribution in [2.24, 2.45) is 0 Å². The summed E-state index contributed by atoms with van der Waals surface area (Å²) in [6.45, 7) is 6.76. The van der Waals surface area contributed by atoms with Gasteiger partial charge >= 0.3 is 11.3 Å². The SMILES string of the molecule is C[C@@H](NC(=O)OC(C)(C)C)c1nnc(S(=O)(=O)Cc2ccc(Cl)cc2)o1. The number of nitrogens with one attached hydrogen (secondary N) is 1. The molecule has 10 heteroatoms. The maximum atomic E-state index is 12.4. The Morgan fingerprint density at radius 3 is 2.46 bits per heavy atom. The van der Waals surface area contributed by atoms with Crippen LogP contribution in [-0.4, -0.2) is 30.3 Å². The third-order valence-corrected chi connectivity index (χ3v) is 4.72. The molecule has 0 aliphatic carbocycles. The lowest BCUT2D eigenvalue weighted by atomic mass is 10.2. The van der Waals surface area contributed by atoms with Crippen LogP contribution in [0.15, 0.2) is 33.9 Å². The Hall–Kier alpha value is -2.13. The summed E-state index contributed by atoms with van der Waals surface area (Å²) >= 11 is 5.78. The molecular weight excluding hydrogens is 382 g/mol. The van der Waals surface area contributed by atoms with Crippen molar-refractivity contribution in [1.82, 2.24) is 15.5 Å². The Bertz CT molecular complexity index is 872. The molecule has 0 bridgehead atoms. The molecule has 1 aromatic carbocycles. The monoisotopic (exact) mass is 401 g/mol. The number of amides is 1. The van der Waals surface area contributed by atoms with E-state index in [1.54, 1.807) is 52.0 Å². The molecule has 0 fully saturated rings. The van der Waals surface area contributed by atoms with Gasteiger partial charge in [0, 0.05) is 5.02 Å². The van der Waals surface area contributed by atoms with Crippen LogP contribution in [0.5, 0.6) is 0 Å². The molecule has 1 heterocycles. The number of alkyl carbamates (subject to hydrolysis) is 1. The number of rotatable bonds is 5. The first-order valence-electron chi connectivity index (χ1n) is 7.76. The van der Waals surface area contributed by atoms with Gasteiger partial charge in [0.25, 0.3) is 0 Å². The number of nitrogens with zero attached hydrogens (tertiary/aromatic N) is 2. The number of hydrogen-bond donors (Lipinski definition) is 1. The number of ether oxygens (including phenoxy) is 1. The van der Waals surface area contributed by atoms with Crippen LogP contribution in [0.2, 0.25) is 5.02 Å². The molecule has 0 aliphatic heterocycles. The molecule has 1 aromatic heterocycles. The van der Waals surface area contributed by atoms with Crippen molar-refractivity contribution in [3.05, 3.63) is 40.7 Å². The highest BCUT2D eigenvalue weighted by atomic mass is 35.5. The van der Waals surface area contributed by atoms with Gasteiger partial charge in [0.2, 0.25) is 15.7 Å². The largest absolute Gasteiger partial charge is 0.444 e. The number of hydrogen-bond acceptors (Lipinski definition) is 7. The van der Waals surface area contributed by atoms with Crippen LogP contribution in [0.4, 0.5) is 4.79 Å². The number of halogens is 1. The zero-order valence-corrected chi connectivity index (χ0v) is 16.4. The smallest absolute Gasteiger partial charge is 0.408 e. The second-order valence-corrected chi connectivity index (χ2v) is 8.96. The first kappa shape index (κ1) is 20.2. The van der Waals surface area contributed by atoms with Gasteiger partial charge in [-0.05, 0) is 45.4 Å². The molecular formula is C16H20ClN3O5S. The molecule has 0 unspecified atom stereocenters. The minimum Gasteiger partial charge on any atom is -0.444 e. The van der Waals surface area contributed by atoms with Gasteiger partial charge < -0.3 is 14.5 Å². The molecule has 26 heavy (non-hydrogen) atoms. The zero-order valence-electron chi connectivity index (χ0n) is 14.8. The van der Waals surface area contributed by atoms with Crippen LogP contribution < -0.4 is 5.32 Å². The minimum absolute atomic E-state index is 0.0365. The number of carbonyl (C=O) groups is 1. The van der Waals surface area contributed by atoms with E-state index in [1.807, 2.05) is 0 Å². The predicted molar refractivity (Wildman–Crippen MR) is 94.4 cm³/mol. The first-order valence-corrected chi connectivity index (χ1v) is 9.79. The molecule has 0 aliphatic rings. The number of aromatic nitrogens is 2. The van der Waals surface area contributed by atoms with E-state index in [2.05, 4.69) is 15.5 Å². The fraction of sp³-hybridized carbons (Fsp3) is 0.438. The van der Waals surface area contributed by atoms with Crippen LogP contribution in [-0.2, 0) is 20.3 Å². The average molecular weight is 402 g/mol. The summed E-state index contributed by atoms with van der Waals surface area (Å²) < 4.78 is 35.1. The standard InChI is InChI=1S/C16H20ClN3O5S/c1-10(18-14(21)25-16(2,3)4)13-19-20-15(24-13)26(22,23)9-11-5-7-12(17)8-6-11/h5-8,10H,9H2,1-4H3,(H,18,21)/t10-/m1/s1. The zero-order chi connectivity index (χ0) is 19.5. The summed E-state index contributed by atoms with van der Waals surface area (Å²) in [6, 6.07) is 5.68. The summed E-state index contributed by atoms with van der Waals surface area (Å²) in [4.78, 5) is 11.8. The van der Waals surface area contributed by atoms with Crippen molar-refractivity contribution in [1.29, 1.82) is 0 Å². The van der Waals surface area contributed by atoms with E-state index >= 15 is 0 Å². The Morgan fingerprint density at radius 1 is 1.27 bits per heavy atom. The molecule has 1 amide bonds. The van der Waals surface area contributed by atoms with E-state index in [0.717, 1.165) is 0 Å². The maximum absolute atomic E-state index is 12.4. The molecule has 0 radical (unpaired) electrons. The summed E-state index contributed by atoms with van der Waals surface area (Å²) in [6.07, 6.45) is -0.672. The van der Waals surface area contributed by atoms with Gasteiger partial charge in [0.15, 0.2) is 0 Å². The molecule has 0 saturated heterocycles. The lowest BCUT2D eigenvalue weighted by molar-refractivity contribution is 0.0500. The molecule has 0 spiro atoms. The molecule has 1 N–H and O–H groups in total. The molecule has 8 nitrogen and oxygen atoms in total. The number of sulfone groups is 1. The Morgan fingerprint density at radius 2 is 1.88 bits per heavy atom. The molecule has 142 valence electrons. The van der Waals surface area contributed by atoms with E-state index in [1.165, 1.54) is 0 Å². The lowest BCUT2D eigenvalue weighted by Crippen LogP contribution is -2.34. The van der Waals surface area contributed by atoms with Crippen LogP contribution >= 0.6 is 11.6 Å². The highest BCUT2D eigenvalue weighted by Crippen LogP contribution is 2.20. The quantitative estimate of drug-likeness (QED) is 0.817. The second-order valence-electron chi connectivity index (χ2n) is 6.66. The van der Waals surface area contributed by atoms with Gasteiger partial charge in [-0.2, -0.15) is 0 Å². The topological polar surface area (TPSA) is 111 Å². The van der Waals surface area contributed by atoms with Crippen molar-refractivity contribution in [3.8, 4) is 0 Å². The third kappa shape index (κ3) is 5.70. The highest BCUT2D eigenvalue weighted by molar-refractivity contribution is 7.90. The van der Waals surface area contributed by atoms with E-state index in [0.29, 0.717) is 10.6 Å². The van der Waals surface area contributed by atoms with Gasteiger partial charge in [0.05, 0.1) is 5.75 Å². The number of carbonyl (C=O) groups excluding carboxylic acids is 1. The van der Waals surface area contributed by atoms with Crippen molar-refractivity contribution in [3.63, 3.8) is 0 Å². The number of benzene rings is 1. The fourth-order valence-electron chi connectivity index (χ4n) is 1.93. The van der Waals surface area contributed by atoms with E-state index in [9.17, 15) is 13.2 Å². The molecule has 0 saturated carbocycles. The third-order valence-electron chi connectivity index (χ3n) is 3.06. The normalized spacial score (nSPS) is 13.3. The Kier molecular flexibility index (Phi) is 5.92. The van der Waals surface area contributed by atoms with Crippen molar-refractivity contribution >= 4 is 27.5 Å². The van der Waals surface area contributed by atoms with Crippen LogP contribution in [0.3, 0.4) is 0 Å². The Balaban J connectivity index is 2.07. The molecule has 1 atom stereocenters. The molecule has 2 aromatic rings. The van der Waals surface area contributed by atoms with Crippen LogP contribution in [0, 0.1) is 0 Å². The van der Waals surface area contributed by atoms with Gasteiger partial charge in [-0.25, -0.2) is 13.2 Å². The highest BCUT2D eigenvalue weighted by Gasteiger charge is 2.26. The van der Waals surface area contributed by atoms with E-state index < -0.39 is 32.8 Å². The Labute approximate surface area is 156 Å². The van der Waals surface area contributed by atoms with Crippen LogP contribution in [0.25, 0.3) is 0 Å². The van der Waals surface area contributed by atoms with E-state index in [4.69, 9.17) is 20.8 Å². The molecule has 2 rings (SSSR count). The minimum atomic E-state index is -3.82. The van der Waals surface area contributed by atoms with Gasteiger partial charge in [-0.1, -0.05) is 28.8 Å². The van der Waals surface area contributed by atoms with Crippen molar-refractivity contribution < 1.29 is 22.4 Å². The summed E-state index contributed by atoms with van der Waals surface area (Å²) in [7, 11) is -3.82. The van der Waals surface area contributed by atoms with Crippen molar-refractivity contribution in [2.75, 3.05) is 0 Å².